The molecule has 1 atom stereocenters. The molecule has 0 aromatic heterocycles. The highest BCUT2D eigenvalue weighted by Gasteiger charge is 2.21. The maximum atomic E-state index is 6.40. The molecule has 0 saturated heterocycles. The average Bonchev–Trinajstić information content (AvgIpc) is 2.48. The Morgan fingerprint density at radius 3 is 2.47 bits per heavy atom. The van der Waals surface area contributed by atoms with Crippen LogP contribution in [0.5, 0.6) is 5.75 Å². The molecule has 1 aliphatic rings. The second-order valence-corrected chi connectivity index (χ2v) is 5.69. The Morgan fingerprint density at radius 2 is 1.84 bits per heavy atom. The van der Waals surface area contributed by atoms with E-state index in [1.165, 1.54) is 44.1 Å². The number of hydrogen-bond acceptors (Lipinski definition) is 2. The predicted molar refractivity (Wildman–Crippen MR) is 80.3 cm³/mol. The van der Waals surface area contributed by atoms with Gasteiger partial charge in [0.25, 0.3) is 0 Å². The van der Waals surface area contributed by atoms with E-state index < -0.39 is 0 Å². The summed E-state index contributed by atoms with van der Waals surface area (Å²) in [5.74, 6) is 1.63. The maximum Gasteiger partial charge on any atom is 0.119 e. The Bertz CT molecular complexity index is 354. The summed E-state index contributed by atoms with van der Waals surface area (Å²) in [5, 5.41) is 0. The highest BCUT2D eigenvalue weighted by atomic mass is 16.5. The van der Waals surface area contributed by atoms with Crippen molar-refractivity contribution in [2.24, 2.45) is 11.7 Å². The molecule has 1 aliphatic carbocycles. The van der Waals surface area contributed by atoms with Crippen molar-refractivity contribution < 1.29 is 4.74 Å². The van der Waals surface area contributed by atoms with Crippen LogP contribution in [0.3, 0.4) is 0 Å². The van der Waals surface area contributed by atoms with Crippen LogP contribution in [0.2, 0.25) is 0 Å². The zero-order valence-corrected chi connectivity index (χ0v) is 12.1. The van der Waals surface area contributed by atoms with Gasteiger partial charge in [-0.05, 0) is 42.9 Å². The van der Waals surface area contributed by atoms with E-state index in [-0.39, 0.29) is 6.04 Å². The molecule has 106 valence electrons. The normalized spacial score (nSPS) is 18.2. The number of ether oxygens (including phenoxy) is 1. The molecule has 0 spiro atoms. The number of nitrogens with two attached hydrogens (primary N) is 1. The molecule has 0 bridgehead atoms. The first-order valence-corrected chi connectivity index (χ1v) is 7.79. The molecule has 2 heteroatoms. The predicted octanol–water partition coefficient (Wildman–Crippen LogP) is 4.45. The Labute approximate surface area is 117 Å². The van der Waals surface area contributed by atoms with Gasteiger partial charge in [-0.1, -0.05) is 44.7 Å². The van der Waals surface area contributed by atoms with E-state index in [2.05, 4.69) is 31.2 Å². The molecule has 2 rings (SSSR count). The Kier molecular flexibility index (Phi) is 5.71. The summed E-state index contributed by atoms with van der Waals surface area (Å²) < 4.78 is 5.69. The summed E-state index contributed by atoms with van der Waals surface area (Å²) in [7, 11) is 0. The van der Waals surface area contributed by atoms with Crippen molar-refractivity contribution in [3.63, 3.8) is 0 Å². The highest BCUT2D eigenvalue weighted by Crippen LogP contribution is 2.33. The van der Waals surface area contributed by atoms with Crippen LogP contribution in [0.25, 0.3) is 0 Å². The largest absolute Gasteiger partial charge is 0.494 e. The fourth-order valence-electron chi connectivity index (χ4n) is 2.89. The molecule has 1 aromatic carbocycles. The van der Waals surface area contributed by atoms with E-state index >= 15 is 0 Å². The summed E-state index contributed by atoms with van der Waals surface area (Å²) in [6, 6.07) is 8.60. The van der Waals surface area contributed by atoms with Gasteiger partial charge in [-0.25, -0.2) is 0 Å². The molecule has 0 radical (unpaired) electrons. The summed E-state index contributed by atoms with van der Waals surface area (Å²) in [4.78, 5) is 0. The number of hydrogen-bond donors (Lipinski definition) is 1. The Morgan fingerprint density at radius 1 is 1.16 bits per heavy atom. The summed E-state index contributed by atoms with van der Waals surface area (Å²) in [5.41, 5.74) is 7.66. The van der Waals surface area contributed by atoms with Crippen LogP contribution in [0, 0.1) is 5.92 Å². The van der Waals surface area contributed by atoms with Crippen molar-refractivity contribution in [2.45, 2.75) is 57.9 Å². The van der Waals surface area contributed by atoms with Gasteiger partial charge in [-0.2, -0.15) is 0 Å². The third-order valence-corrected chi connectivity index (χ3v) is 4.19. The Hall–Kier alpha value is -1.02. The number of unbranched alkanes of at least 4 members (excludes halogenated alkanes) is 1. The highest BCUT2D eigenvalue weighted by molar-refractivity contribution is 5.29. The van der Waals surface area contributed by atoms with Crippen LogP contribution in [0.15, 0.2) is 24.3 Å². The van der Waals surface area contributed by atoms with Gasteiger partial charge in [0.05, 0.1) is 6.61 Å². The van der Waals surface area contributed by atoms with Crippen LogP contribution in [0.4, 0.5) is 0 Å². The van der Waals surface area contributed by atoms with E-state index in [9.17, 15) is 0 Å². The summed E-state index contributed by atoms with van der Waals surface area (Å²) in [6.45, 7) is 2.99. The monoisotopic (exact) mass is 261 g/mol. The van der Waals surface area contributed by atoms with Gasteiger partial charge in [-0.15, -0.1) is 0 Å². The van der Waals surface area contributed by atoms with E-state index in [1.54, 1.807) is 0 Å². The lowest BCUT2D eigenvalue weighted by Gasteiger charge is -2.27. The van der Waals surface area contributed by atoms with Crippen LogP contribution in [-0.4, -0.2) is 6.61 Å². The minimum absolute atomic E-state index is 0.199. The molecule has 1 unspecified atom stereocenters. The van der Waals surface area contributed by atoms with Gasteiger partial charge in [0.2, 0.25) is 0 Å². The van der Waals surface area contributed by atoms with Gasteiger partial charge in [0.1, 0.15) is 5.75 Å². The van der Waals surface area contributed by atoms with Crippen molar-refractivity contribution in [3.8, 4) is 5.75 Å². The van der Waals surface area contributed by atoms with Crippen molar-refractivity contribution in [3.05, 3.63) is 29.8 Å². The molecule has 2 N–H and O–H groups in total. The molecule has 19 heavy (non-hydrogen) atoms. The van der Waals surface area contributed by atoms with Crippen LogP contribution >= 0.6 is 0 Å². The lowest BCUT2D eigenvalue weighted by Crippen LogP contribution is -2.23. The first-order chi connectivity index (χ1) is 9.31. The molecule has 1 fully saturated rings. The zero-order chi connectivity index (χ0) is 13.5. The van der Waals surface area contributed by atoms with Gasteiger partial charge >= 0.3 is 0 Å². The molecular formula is C17H27NO. The minimum Gasteiger partial charge on any atom is -0.494 e. The van der Waals surface area contributed by atoms with Crippen LogP contribution in [0.1, 0.15) is 63.5 Å². The molecule has 1 saturated carbocycles. The summed E-state index contributed by atoms with van der Waals surface area (Å²) >= 11 is 0. The molecular weight excluding hydrogens is 234 g/mol. The van der Waals surface area contributed by atoms with E-state index in [0.717, 1.165) is 18.8 Å². The third kappa shape index (κ3) is 4.24. The first kappa shape index (κ1) is 14.4. The molecule has 0 aliphatic heterocycles. The number of benzene rings is 1. The SMILES string of the molecule is CCCCOc1ccc(C(N)C2CCCCC2)cc1. The minimum atomic E-state index is 0.199. The first-order valence-electron chi connectivity index (χ1n) is 7.79. The van der Waals surface area contributed by atoms with E-state index in [4.69, 9.17) is 10.5 Å². The molecule has 0 amide bonds. The second kappa shape index (κ2) is 7.54. The van der Waals surface area contributed by atoms with Gasteiger partial charge < -0.3 is 10.5 Å². The van der Waals surface area contributed by atoms with E-state index in [1.807, 2.05) is 0 Å². The topological polar surface area (TPSA) is 35.2 Å². The smallest absolute Gasteiger partial charge is 0.119 e. The lowest BCUT2D eigenvalue weighted by molar-refractivity contribution is 0.304. The Balaban J connectivity index is 1.89. The maximum absolute atomic E-state index is 6.40. The standard InChI is InChI=1S/C17H27NO/c1-2-3-13-19-16-11-9-15(10-12-16)17(18)14-7-5-4-6-8-14/h9-12,14,17H,2-8,13,18H2,1H3. The average molecular weight is 261 g/mol. The van der Waals surface area contributed by atoms with Gasteiger partial charge in [0, 0.05) is 6.04 Å². The van der Waals surface area contributed by atoms with Gasteiger partial charge in [-0.3, -0.25) is 0 Å². The molecule has 1 aromatic rings. The zero-order valence-electron chi connectivity index (χ0n) is 12.1. The lowest BCUT2D eigenvalue weighted by atomic mass is 9.81. The number of rotatable bonds is 6. The van der Waals surface area contributed by atoms with Crippen molar-refractivity contribution in [2.75, 3.05) is 6.61 Å². The van der Waals surface area contributed by atoms with Crippen LogP contribution < -0.4 is 10.5 Å². The fraction of sp³-hybridized carbons (Fsp3) is 0.647. The van der Waals surface area contributed by atoms with Crippen molar-refractivity contribution in [1.29, 1.82) is 0 Å². The summed E-state index contributed by atoms with van der Waals surface area (Å²) in [6.07, 6.45) is 8.93. The molecule has 0 heterocycles. The van der Waals surface area contributed by atoms with Crippen molar-refractivity contribution >= 4 is 0 Å². The quantitative estimate of drug-likeness (QED) is 0.768. The molecule has 2 nitrogen and oxygen atoms in total. The second-order valence-electron chi connectivity index (χ2n) is 5.69. The van der Waals surface area contributed by atoms with E-state index in [0.29, 0.717) is 5.92 Å². The van der Waals surface area contributed by atoms with Crippen molar-refractivity contribution in [1.82, 2.24) is 0 Å². The third-order valence-electron chi connectivity index (χ3n) is 4.19. The fourth-order valence-corrected chi connectivity index (χ4v) is 2.89. The van der Waals surface area contributed by atoms with Gasteiger partial charge in [0.15, 0.2) is 0 Å². The van der Waals surface area contributed by atoms with Crippen LogP contribution in [-0.2, 0) is 0 Å².